The molecule has 6 heteroatoms. The second-order valence-electron chi connectivity index (χ2n) is 13.8. The molecule has 0 aliphatic carbocycles. The van der Waals surface area contributed by atoms with Gasteiger partial charge >= 0.3 is 8.24 Å². The number of hydrogen-bond acceptors (Lipinski definition) is 5. The van der Waals surface area contributed by atoms with Crippen LogP contribution in [0.3, 0.4) is 0 Å². The van der Waals surface area contributed by atoms with Crippen LogP contribution in [0.25, 0.3) is 43.5 Å². The molecule has 0 radical (unpaired) electrons. The van der Waals surface area contributed by atoms with E-state index >= 15 is 0 Å². The number of nitrogens with zero attached hydrogens (tertiary/aromatic N) is 1. The maximum absolute atomic E-state index is 7.47. The van der Waals surface area contributed by atoms with Crippen molar-refractivity contribution in [3.05, 3.63) is 179 Å². The molecule has 0 spiro atoms. The minimum atomic E-state index is -1.98. The summed E-state index contributed by atoms with van der Waals surface area (Å²) < 4.78 is 27.8. The molecule has 0 saturated heterocycles. The summed E-state index contributed by atoms with van der Waals surface area (Å²) in [5, 5.41) is 6.49. The van der Waals surface area contributed by atoms with E-state index in [2.05, 4.69) is 135 Å². The number of benzene rings is 7. The van der Waals surface area contributed by atoms with Gasteiger partial charge < -0.3 is 13.1 Å². The van der Waals surface area contributed by atoms with Gasteiger partial charge in [0.15, 0.2) is 0 Å². The van der Waals surface area contributed by atoms with Gasteiger partial charge in [-0.2, -0.15) is 0 Å². The Balaban J connectivity index is 1.30. The lowest BCUT2D eigenvalue weighted by molar-refractivity contribution is 0.0715. The Labute approximate surface area is 303 Å². The van der Waals surface area contributed by atoms with E-state index in [4.69, 9.17) is 22.6 Å². The van der Waals surface area contributed by atoms with Gasteiger partial charge in [0.1, 0.15) is 29.4 Å². The van der Waals surface area contributed by atoms with E-state index in [-0.39, 0.29) is 6.04 Å². The van der Waals surface area contributed by atoms with E-state index in [9.17, 15) is 0 Å². The molecule has 256 valence electrons. The zero-order valence-electron chi connectivity index (χ0n) is 29.2. The van der Waals surface area contributed by atoms with E-state index in [0.29, 0.717) is 25.3 Å². The Kier molecular flexibility index (Phi) is 8.39. The molecule has 1 atom stereocenters. The molecule has 52 heavy (non-hydrogen) atoms. The third kappa shape index (κ3) is 6.17. The smallest absolute Gasteiger partial charge is 0.388 e. The molecule has 0 unspecified atom stereocenters. The van der Waals surface area contributed by atoms with E-state index < -0.39 is 13.8 Å². The quantitative estimate of drug-likeness (QED) is 0.158. The monoisotopic (exact) mass is 699 g/mol. The standard InChI is InChI=1S/C46H38NO4P/c1-31-16-20-33(21-17-31)28-46(29-34-22-18-32(2)19-23-34,42-30-48-45(47-42)37-12-4-3-5-13-37)51-52-49-40-26-24-35-10-6-8-14-38(35)43(40)44-39-15-9-7-11-36(39)25-27-41(44)50-52/h3-27,42H,28-30H2,1-2H3/t42-/m1/s1. The Morgan fingerprint density at radius 1 is 0.596 bits per heavy atom. The second kappa shape index (κ2) is 13.5. The van der Waals surface area contributed by atoms with E-state index in [1.807, 2.05) is 30.3 Å². The number of rotatable bonds is 8. The molecule has 1 aliphatic rings. The van der Waals surface area contributed by atoms with Gasteiger partial charge in [-0.3, -0.25) is 4.52 Å². The first kappa shape index (κ1) is 32.3. The Morgan fingerprint density at radius 3 is 1.63 bits per heavy atom. The number of hydrogen-bond donors (Lipinski definition) is 0. The van der Waals surface area contributed by atoms with Crippen molar-refractivity contribution < 1.29 is 17.7 Å². The van der Waals surface area contributed by atoms with E-state index in [1.54, 1.807) is 0 Å². The van der Waals surface area contributed by atoms with E-state index in [0.717, 1.165) is 60.2 Å². The zero-order chi connectivity index (χ0) is 35.1. The van der Waals surface area contributed by atoms with Crippen LogP contribution in [-0.2, 0) is 17.6 Å². The van der Waals surface area contributed by atoms with Crippen molar-refractivity contribution in [2.75, 3.05) is 6.61 Å². The van der Waals surface area contributed by atoms with Crippen molar-refractivity contribution in [3.8, 4) is 0 Å². The molecule has 7 aromatic carbocycles. The first-order valence-corrected chi connectivity index (χ1v) is 18.9. The fourth-order valence-corrected chi connectivity index (χ4v) is 8.73. The largest absolute Gasteiger partial charge is 0.475 e. The summed E-state index contributed by atoms with van der Waals surface area (Å²) in [6, 6.07) is 52.4. The fourth-order valence-electron chi connectivity index (χ4n) is 7.44. The van der Waals surface area contributed by atoms with Crippen LogP contribution in [0.5, 0.6) is 0 Å². The summed E-state index contributed by atoms with van der Waals surface area (Å²) >= 11 is 0. The highest BCUT2D eigenvalue weighted by Gasteiger charge is 2.46. The maximum atomic E-state index is 7.47. The van der Waals surface area contributed by atoms with Gasteiger partial charge in [0, 0.05) is 29.2 Å². The zero-order valence-corrected chi connectivity index (χ0v) is 30.1. The highest BCUT2D eigenvalue weighted by Crippen LogP contribution is 2.44. The minimum Gasteiger partial charge on any atom is -0.475 e. The highest BCUT2D eigenvalue weighted by molar-refractivity contribution is 7.31. The van der Waals surface area contributed by atoms with Crippen molar-refractivity contribution in [2.45, 2.75) is 38.3 Å². The van der Waals surface area contributed by atoms with Crippen LogP contribution in [0.2, 0.25) is 0 Å². The lowest BCUT2D eigenvalue weighted by Gasteiger charge is -2.35. The van der Waals surface area contributed by atoms with Gasteiger partial charge in [-0.25, -0.2) is 4.99 Å². The molecule has 0 fully saturated rings. The molecule has 9 rings (SSSR count). The number of aryl methyl sites for hydroxylation is 2. The number of aliphatic imine (C=N–C) groups is 1. The third-order valence-electron chi connectivity index (χ3n) is 10.2. The normalized spacial score (nSPS) is 14.6. The third-order valence-corrected chi connectivity index (χ3v) is 11.4. The van der Waals surface area contributed by atoms with Crippen molar-refractivity contribution in [1.29, 1.82) is 0 Å². The van der Waals surface area contributed by atoms with E-state index in [1.165, 1.54) is 11.1 Å². The fraction of sp³-hybridized carbons (Fsp3) is 0.152. The molecule has 2 heterocycles. The second-order valence-corrected chi connectivity index (χ2v) is 14.8. The first-order chi connectivity index (χ1) is 25.5. The van der Waals surface area contributed by atoms with Crippen molar-refractivity contribution in [2.24, 2.45) is 4.99 Å². The Morgan fingerprint density at radius 2 is 1.10 bits per heavy atom. The van der Waals surface area contributed by atoms with Crippen LogP contribution >= 0.6 is 8.24 Å². The predicted octanol–water partition coefficient (Wildman–Crippen LogP) is 11.7. The summed E-state index contributed by atoms with van der Waals surface area (Å²) in [6.07, 6.45) is 1.14. The molecule has 0 N–H and O–H groups in total. The molecule has 1 aliphatic heterocycles. The van der Waals surface area contributed by atoms with Gasteiger partial charge in [-0.15, -0.1) is 0 Å². The van der Waals surface area contributed by atoms with Crippen molar-refractivity contribution in [3.63, 3.8) is 0 Å². The number of ether oxygens (including phenoxy) is 1. The van der Waals surface area contributed by atoms with Gasteiger partial charge in [-0.05, 0) is 70.8 Å². The van der Waals surface area contributed by atoms with Crippen LogP contribution in [-0.4, -0.2) is 24.1 Å². The molecule has 0 saturated carbocycles. The summed E-state index contributed by atoms with van der Waals surface area (Å²) in [5.74, 6) is 0.621. The lowest BCUT2D eigenvalue weighted by Crippen LogP contribution is -2.51. The Hall–Kier alpha value is -5.61. The SMILES string of the molecule is Cc1ccc(CC(Cc2ccc(C)cc2)(Op2oc3ccc4ccccc4c3c3c(ccc4ccccc43)o2)[C@H]2COC(c3ccccc3)=N2)cc1. The topological polar surface area (TPSA) is 57.1 Å². The highest BCUT2D eigenvalue weighted by atomic mass is 31.1. The average Bonchev–Trinajstić information content (AvgIpc) is 3.62. The van der Waals surface area contributed by atoms with Crippen LogP contribution in [0, 0.1) is 13.8 Å². The average molecular weight is 700 g/mol. The van der Waals surface area contributed by atoms with Crippen LogP contribution in [0.1, 0.15) is 27.8 Å². The summed E-state index contributed by atoms with van der Waals surface area (Å²) in [6.45, 7) is 4.59. The van der Waals surface area contributed by atoms with Crippen molar-refractivity contribution in [1.82, 2.24) is 0 Å². The molecular weight excluding hydrogens is 661 g/mol. The molecule has 0 amide bonds. The van der Waals surface area contributed by atoms with Crippen LogP contribution in [0.4, 0.5) is 0 Å². The lowest BCUT2D eigenvalue weighted by atomic mass is 9.82. The Bertz CT molecular complexity index is 2480. The van der Waals surface area contributed by atoms with Gasteiger partial charge in [-0.1, -0.05) is 139 Å². The number of fused-ring (bicyclic) bond motifs is 7. The van der Waals surface area contributed by atoms with Gasteiger partial charge in [0.05, 0.1) is 0 Å². The first-order valence-electron chi connectivity index (χ1n) is 17.8. The summed E-state index contributed by atoms with van der Waals surface area (Å²) in [7, 11) is -1.98. The minimum absolute atomic E-state index is 0.351. The molecule has 0 bridgehead atoms. The molecular formula is C46H38NO4P. The van der Waals surface area contributed by atoms with Gasteiger partial charge in [0.25, 0.3) is 0 Å². The summed E-state index contributed by atoms with van der Waals surface area (Å²) in [4.78, 5) is 5.29. The van der Waals surface area contributed by atoms with Crippen molar-refractivity contribution >= 4 is 57.6 Å². The summed E-state index contributed by atoms with van der Waals surface area (Å²) in [5.41, 5.74) is 6.20. The van der Waals surface area contributed by atoms with Crippen LogP contribution in [0.15, 0.2) is 165 Å². The molecule has 8 aromatic rings. The predicted molar refractivity (Wildman–Crippen MR) is 213 cm³/mol. The van der Waals surface area contributed by atoms with Crippen LogP contribution < -0.4 is 4.52 Å². The molecule has 5 nitrogen and oxygen atoms in total. The van der Waals surface area contributed by atoms with Gasteiger partial charge in [0.2, 0.25) is 5.90 Å². The maximum Gasteiger partial charge on any atom is 0.388 e. The molecule has 1 aromatic heterocycles.